The van der Waals surface area contributed by atoms with Gasteiger partial charge in [0.25, 0.3) is 0 Å². The summed E-state index contributed by atoms with van der Waals surface area (Å²) >= 11 is 0. The van der Waals surface area contributed by atoms with Gasteiger partial charge in [-0.25, -0.2) is 0 Å². The summed E-state index contributed by atoms with van der Waals surface area (Å²) in [4.78, 5) is 2.42. The summed E-state index contributed by atoms with van der Waals surface area (Å²) in [6, 6.07) is 2.15. The van der Waals surface area contributed by atoms with Crippen LogP contribution in [0.25, 0.3) is 0 Å². The lowest BCUT2D eigenvalue weighted by Gasteiger charge is -2.32. The lowest BCUT2D eigenvalue weighted by atomic mass is 9.85. The fourth-order valence-electron chi connectivity index (χ4n) is 1.87. The summed E-state index contributed by atoms with van der Waals surface area (Å²) in [5.41, 5.74) is 5.15. The SMILES string of the molecule is CCN(CCC(C)(N)C#N)CC1CCC1. The van der Waals surface area contributed by atoms with Crippen molar-refractivity contribution in [1.29, 1.82) is 5.26 Å². The maximum Gasteiger partial charge on any atom is 0.102 e. The molecule has 3 heteroatoms. The molecule has 1 atom stereocenters. The number of hydrogen-bond donors (Lipinski definition) is 1. The Morgan fingerprint density at radius 1 is 1.53 bits per heavy atom. The summed E-state index contributed by atoms with van der Waals surface area (Å²) in [6.45, 7) is 7.20. The summed E-state index contributed by atoms with van der Waals surface area (Å²) < 4.78 is 0. The zero-order chi connectivity index (χ0) is 11.3. The quantitative estimate of drug-likeness (QED) is 0.725. The molecule has 1 saturated carbocycles. The van der Waals surface area contributed by atoms with Crippen LogP contribution in [0.4, 0.5) is 0 Å². The zero-order valence-electron chi connectivity index (χ0n) is 10.00. The molecule has 0 spiro atoms. The second kappa shape index (κ2) is 5.48. The van der Waals surface area contributed by atoms with Crippen LogP contribution in [0.1, 0.15) is 39.5 Å². The Bertz CT molecular complexity index is 226. The predicted molar refractivity (Wildman–Crippen MR) is 62.3 cm³/mol. The third-order valence-corrected chi connectivity index (χ3v) is 3.39. The first-order chi connectivity index (χ1) is 7.07. The van der Waals surface area contributed by atoms with Crippen LogP contribution in [-0.4, -0.2) is 30.1 Å². The van der Waals surface area contributed by atoms with Gasteiger partial charge in [-0.1, -0.05) is 13.3 Å². The fourth-order valence-corrected chi connectivity index (χ4v) is 1.87. The third kappa shape index (κ3) is 4.19. The van der Waals surface area contributed by atoms with E-state index in [0.29, 0.717) is 0 Å². The van der Waals surface area contributed by atoms with Gasteiger partial charge in [-0.2, -0.15) is 5.26 Å². The number of rotatable bonds is 6. The Labute approximate surface area is 93.2 Å². The van der Waals surface area contributed by atoms with Gasteiger partial charge in [0.15, 0.2) is 0 Å². The van der Waals surface area contributed by atoms with Crippen molar-refractivity contribution in [2.45, 2.75) is 45.1 Å². The van der Waals surface area contributed by atoms with E-state index in [4.69, 9.17) is 11.0 Å². The highest BCUT2D eigenvalue weighted by atomic mass is 15.1. The normalized spacial score (nSPS) is 20.7. The summed E-state index contributed by atoms with van der Waals surface area (Å²) in [5, 5.41) is 8.83. The van der Waals surface area contributed by atoms with Crippen molar-refractivity contribution in [3.8, 4) is 6.07 Å². The number of nitriles is 1. The summed E-state index contributed by atoms with van der Waals surface area (Å²) in [7, 11) is 0. The van der Waals surface area contributed by atoms with Crippen LogP contribution in [0.15, 0.2) is 0 Å². The van der Waals surface area contributed by atoms with E-state index in [1.54, 1.807) is 0 Å². The molecule has 86 valence electrons. The van der Waals surface area contributed by atoms with Gasteiger partial charge < -0.3 is 10.6 Å². The number of nitrogens with zero attached hydrogens (tertiary/aromatic N) is 2. The average Bonchev–Trinajstić information content (AvgIpc) is 2.15. The Morgan fingerprint density at radius 2 is 2.20 bits per heavy atom. The molecule has 0 amide bonds. The first kappa shape index (κ1) is 12.5. The van der Waals surface area contributed by atoms with Gasteiger partial charge in [0.1, 0.15) is 5.54 Å². The van der Waals surface area contributed by atoms with Crippen molar-refractivity contribution in [2.75, 3.05) is 19.6 Å². The smallest absolute Gasteiger partial charge is 0.102 e. The molecule has 1 unspecified atom stereocenters. The molecule has 0 aromatic carbocycles. The van der Waals surface area contributed by atoms with Gasteiger partial charge in [-0.3, -0.25) is 0 Å². The molecule has 1 rings (SSSR count). The van der Waals surface area contributed by atoms with Crippen molar-refractivity contribution in [3.63, 3.8) is 0 Å². The van der Waals surface area contributed by atoms with E-state index in [0.717, 1.165) is 25.4 Å². The zero-order valence-corrected chi connectivity index (χ0v) is 10.00. The van der Waals surface area contributed by atoms with E-state index in [1.807, 2.05) is 6.92 Å². The minimum atomic E-state index is -0.660. The van der Waals surface area contributed by atoms with Crippen molar-refractivity contribution < 1.29 is 0 Å². The van der Waals surface area contributed by atoms with E-state index in [9.17, 15) is 0 Å². The van der Waals surface area contributed by atoms with E-state index >= 15 is 0 Å². The second-order valence-corrected chi connectivity index (χ2v) is 4.97. The Balaban J connectivity index is 2.24. The molecule has 3 nitrogen and oxygen atoms in total. The highest BCUT2D eigenvalue weighted by molar-refractivity contribution is 5.01. The largest absolute Gasteiger partial charge is 0.314 e. The van der Waals surface area contributed by atoms with Crippen LogP contribution in [0.5, 0.6) is 0 Å². The van der Waals surface area contributed by atoms with Crippen LogP contribution in [0.3, 0.4) is 0 Å². The summed E-state index contributed by atoms with van der Waals surface area (Å²) in [5.74, 6) is 0.899. The van der Waals surface area contributed by atoms with Crippen molar-refractivity contribution in [1.82, 2.24) is 4.90 Å². The molecule has 2 N–H and O–H groups in total. The standard InChI is InChI=1S/C12H23N3/c1-3-15(9-11-5-4-6-11)8-7-12(2,14)10-13/h11H,3-9,14H2,1-2H3. The topological polar surface area (TPSA) is 53.0 Å². The van der Waals surface area contributed by atoms with Crippen LogP contribution < -0.4 is 5.73 Å². The van der Waals surface area contributed by atoms with E-state index in [-0.39, 0.29) is 0 Å². The van der Waals surface area contributed by atoms with Crippen molar-refractivity contribution in [3.05, 3.63) is 0 Å². The first-order valence-corrected chi connectivity index (χ1v) is 6.00. The maximum atomic E-state index is 8.83. The summed E-state index contributed by atoms with van der Waals surface area (Å²) in [6.07, 6.45) is 4.93. The van der Waals surface area contributed by atoms with Gasteiger partial charge in [0.2, 0.25) is 0 Å². The third-order valence-electron chi connectivity index (χ3n) is 3.39. The highest BCUT2D eigenvalue weighted by Crippen LogP contribution is 2.27. The van der Waals surface area contributed by atoms with E-state index in [1.165, 1.54) is 25.8 Å². The molecule has 0 saturated heterocycles. The Hall–Kier alpha value is -0.590. The maximum absolute atomic E-state index is 8.83. The van der Waals surface area contributed by atoms with Crippen molar-refractivity contribution in [2.24, 2.45) is 11.7 Å². The van der Waals surface area contributed by atoms with Gasteiger partial charge in [0, 0.05) is 13.1 Å². The van der Waals surface area contributed by atoms with Crippen LogP contribution in [0, 0.1) is 17.2 Å². The van der Waals surface area contributed by atoms with Crippen molar-refractivity contribution >= 4 is 0 Å². The van der Waals surface area contributed by atoms with Crippen LogP contribution in [-0.2, 0) is 0 Å². The Kier molecular flexibility index (Phi) is 4.56. The molecule has 0 aromatic heterocycles. The molecule has 0 heterocycles. The van der Waals surface area contributed by atoms with Gasteiger partial charge in [-0.15, -0.1) is 0 Å². The minimum Gasteiger partial charge on any atom is -0.314 e. The van der Waals surface area contributed by atoms with Gasteiger partial charge >= 0.3 is 0 Å². The van der Waals surface area contributed by atoms with Gasteiger partial charge in [0.05, 0.1) is 6.07 Å². The van der Waals surface area contributed by atoms with E-state index in [2.05, 4.69) is 17.9 Å². The monoisotopic (exact) mass is 209 g/mol. The molecule has 1 aliphatic carbocycles. The lowest BCUT2D eigenvalue weighted by molar-refractivity contribution is 0.177. The first-order valence-electron chi connectivity index (χ1n) is 6.00. The van der Waals surface area contributed by atoms with E-state index < -0.39 is 5.54 Å². The fraction of sp³-hybridized carbons (Fsp3) is 0.917. The molecule has 0 bridgehead atoms. The second-order valence-electron chi connectivity index (χ2n) is 4.97. The number of nitrogens with two attached hydrogens (primary N) is 1. The van der Waals surface area contributed by atoms with Crippen LogP contribution >= 0.6 is 0 Å². The molecular weight excluding hydrogens is 186 g/mol. The highest BCUT2D eigenvalue weighted by Gasteiger charge is 2.22. The molecule has 0 aliphatic heterocycles. The Morgan fingerprint density at radius 3 is 2.60 bits per heavy atom. The minimum absolute atomic E-state index is 0.660. The lowest BCUT2D eigenvalue weighted by Crippen LogP contribution is -2.40. The molecule has 0 radical (unpaired) electrons. The van der Waals surface area contributed by atoms with Crippen LogP contribution in [0.2, 0.25) is 0 Å². The number of hydrogen-bond acceptors (Lipinski definition) is 3. The average molecular weight is 209 g/mol. The predicted octanol–water partition coefficient (Wildman–Crippen LogP) is 1.74. The molecule has 15 heavy (non-hydrogen) atoms. The molecule has 1 aliphatic rings. The molecule has 0 aromatic rings. The van der Waals surface area contributed by atoms with Gasteiger partial charge in [-0.05, 0) is 38.6 Å². The molecule has 1 fully saturated rings. The molecular formula is C12H23N3.